The zero-order valence-corrected chi connectivity index (χ0v) is 15.1. The summed E-state index contributed by atoms with van der Waals surface area (Å²) in [6.07, 6.45) is 6.50. The molecule has 0 unspecified atom stereocenters. The molecule has 5 heteroatoms. The molecule has 2 fully saturated rings. The normalized spacial score (nSPS) is 26.3. The van der Waals surface area contributed by atoms with E-state index in [1.807, 2.05) is 37.8 Å². The van der Waals surface area contributed by atoms with Gasteiger partial charge in [0.05, 0.1) is 0 Å². The predicted molar refractivity (Wildman–Crippen MR) is 92.1 cm³/mol. The smallest absolute Gasteiger partial charge is 0.410 e. The molecule has 1 aromatic heterocycles. The number of aromatic nitrogens is 1. The molecule has 0 aliphatic carbocycles. The summed E-state index contributed by atoms with van der Waals surface area (Å²) in [6, 6.07) is 4.47. The van der Waals surface area contributed by atoms with Crippen LogP contribution in [0.1, 0.15) is 58.9 Å². The van der Waals surface area contributed by atoms with Gasteiger partial charge in [-0.25, -0.2) is 9.78 Å². The van der Waals surface area contributed by atoms with E-state index in [2.05, 4.69) is 11.9 Å². The number of piperidine rings is 1. The van der Waals surface area contributed by atoms with E-state index in [1.165, 1.54) is 5.56 Å². The fourth-order valence-corrected chi connectivity index (χ4v) is 3.74. The molecule has 3 atom stereocenters. The lowest BCUT2D eigenvalue weighted by Gasteiger charge is -2.39. The number of fused-ring (bicyclic) bond motifs is 2. The third-order valence-corrected chi connectivity index (χ3v) is 4.79. The molecule has 2 aliphatic rings. The van der Waals surface area contributed by atoms with Crippen molar-refractivity contribution in [2.45, 2.75) is 83.6 Å². The predicted octanol–water partition coefficient (Wildman–Crippen LogP) is 3.95. The van der Waals surface area contributed by atoms with Crippen molar-refractivity contribution in [1.29, 1.82) is 0 Å². The number of carbonyl (C=O) groups excluding carboxylic acids is 1. The first-order chi connectivity index (χ1) is 11.4. The van der Waals surface area contributed by atoms with E-state index >= 15 is 0 Å². The molecule has 3 heterocycles. The molecule has 3 rings (SSSR count). The Balaban J connectivity index is 1.63. The zero-order chi connectivity index (χ0) is 17.3. The van der Waals surface area contributed by atoms with E-state index in [1.54, 1.807) is 6.20 Å². The number of carbonyl (C=O) groups is 1. The molecular weight excluding hydrogens is 304 g/mol. The maximum atomic E-state index is 12.5. The minimum Gasteiger partial charge on any atom is -0.474 e. The Bertz CT molecular complexity index is 583. The lowest BCUT2D eigenvalue weighted by molar-refractivity contribution is -0.00759. The maximum Gasteiger partial charge on any atom is 0.410 e. The largest absolute Gasteiger partial charge is 0.474 e. The van der Waals surface area contributed by atoms with Crippen molar-refractivity contribution in [3.63, 3.8) is 0 Å². The number of rotatable bonds is 3. The molecule has 24 heavy (non-hydrogen) atoms. The Morgan fingerprint density at radius 3 is 2.54 bits per heavy atom. The van der Waals surface area contributed by atoms with Gasteiger partial charge in [0, 0.05) is 37.2 Å². The summed E-state index contributed by atoms with van der Waals surface area (Å²) >= 11 is 0. The van der Waals surface area contributed by atoms with E-state index in [0.717, 1.165) is 32.1 Å². The Hall–Kier alpha value is -1.78. The molecule has 0 aromatic carbocycles. The fourth-order valence-electron chi connectivity index (χ4n) is 3.74. The van der Waals surface area contributed by atoms with Crippen LogP contribution in [0.3, 0.4) is 0 Å². The van der Waals surface area contributed by atoms with Crippen LogP contribution in [-0.4, -0.2) is 39.8 Å². The summed E-state index contributed by atoms with van der Waals surface area (Å²) in [5, 5.41) is 0. The molecule has 0 saturated carbocycles. The Labute approximate surface area is 144 Å². The van der Waals surface area contributed by atoms with Crippen molar-refractivity contribution in [3.05, 3.63) is 23.9 Å². The second-order valence-electron chi connectivity index (χ2n) is 7.84. The van der Waals surface area contributed by atoms with E-state index in [4.69, 9.17) is 9.47 Å². The summed E-state index contributed by atoms with van der Waals surface area (Å²) in [4.78, 5) is 18.7. The van der Waals surface area contributed by atoms with Crippen molar-refractivity contribution in [2.24, 2.45) is 0 Å². The van der Waals surface area contributed by atoms with Gasteiger partial charge in [-0.1, -0.05) is 6.92 Å². The van der Waals surface area contributed by atoms with Gasteiger partial charge in [-0.2, -0.15) is 0 Å². The van der Waals surface area contributed by atoms with Gasteiger partial charge in [-0.05, 0) is 51.7 Å². The first kappa shape index (κ1) is 17.1. The standard InChI is InChI=1S/C19H28N2O3/c1-5-13-8-9-20-17(10-13)23-16-11-14-6-7-15(12-16)21(14)18(22)24-19(2,3)4/h8-10,14-16H,5-7,11-12H2,1-4H3/t14-,15+,16+. The summed E-state index contributed by atoms with van der Waals surface area (Å²) in [6.45, 7) is 7.86. The molecule has 132 valence electrons. The second-order valence-corrected chi connectivity index (χ2v) is 7.84. The highest BCUT2D eigenvalue weighted by Crippen LogP contribution is 2.38. The Morgan fingerprint density at radius 1 is 1.29 bits per heavy atom. The van der Waals surface area contributed by atoms with Gasteiger partial charge in [0.1, 0.15) is 11.7 Å². The van der Waals surface area contributed by atoms with Crippen LogP contribution in [0.25, 0.3) is 0 Å². The third-order valence-electron chi connectivity index (χ3n) is 4.79. The van der Waals surface area contributed by atoms with Crippen molar-refractivity contribution in [2.75, 3.05) is 0 Å². The number of hydrogen-bond donors (Lipinski definition) is 0. The van der Waals surface area contributed by atoms with Crippen molar-refractivity contribution >= 4 is 6.09 Å². The highest BCUT2D eigenvalue weighted by molar-refractivity contribution is 5.69. The van der Waals surface area contributed by atoms with Crippen LogP contribution in [0.5, 0.6) is 5.88 Å². The first-order valence-corrected chi connectivity index (χ1v) is 8.98. The molecule has 5 nitrogen and oxygen atoms in total. The highest BCUT2D eigenvalue weighted by atomic mass is 16.6. The molecular formula is C19H28N2O3. The third kappa shape index (κ3) is 3.82. The fraction of sp³-hybridized carbons (Fsp3) is 0.684. The average molecular weight is 332 g/mol. The van der Waals surface area contributed by atoms with Crippen LogP contribution in [0, 0.1) is 0 Å². The summed E-state index contributed by atoms with van der Waals surface area (Å²) < 4.78 is 11.7. The highest BCUT2D eigenvalue weighted by Gasteiger charge is 2.45. The zero-order valence-electron chi connectivity index (χ0n) is 15.1. The molecule has 1 aromatic rings. The van der Waals surface area contributed by atoms with Gasteiger partial charge < -0.3 is 14.4 Å². The van der Waals surface area contributed by atoms with Crippen LogP contribution in [-0.2, 0) is 11.2 Å². The number of nitrogens with zero attached hydrogens (tertiary/aromatic N) is 2. The van der Waals surface area contributed by atoms with Crippen LogP contribution >= 0.6 is 0 Å². The minimum atomic E-state index is -0.450. The summed E-state index contributed by atoms with van der Waals surface area (Å²) in [5.74, 6) is 0.699. The van der Waals surface area contributed by atoms with E-state index in [9.17, 15) is 4.79 Å². The van der Waals surface area contributed by atoms with Crippen LogP contribution in [0.2, 0.25) is 0 Å². The van der Waals surface area contributed by atoms with Crippen LogP contribution in [0.15, 0.2) is 18.3 Å². The van der Waals surface area contributed by atoms with Crippen molar-refractivity contribution in [1.82, 2.24) is 9.88 Å². The first-order valence-electron chi connectivity index (χ1n) is 8.98. The molecule has 2 bridgehead atoms. The van der Waals surface area contributed by atoms with Gasteiger partial charge >= 0.3 is 6.09 Å². The summed E-state index contributed by atoms with van der Waals surface area (Å²) in [5.41, 5.74) is 0.781. The number of aryl methyl sites for hydroxylation is 1. The molecule has 1 amide bonds. The number of pyridine rings is 1. The quantitative estimate of drug-likeness (QED) is 0.841. The number of amides is 1. The molecule has 0 radical (unpaired) electrons. The average Bonchev–Trinajstić information content (AvgIpc) is 2.77. The van der Waals surface area contributed by atoms with Crippen molar-refractivity contribution in [3.8, 4) is 5.88 Å². The van der Waals surface area contributed by atoms with Gasteiger partial charge in [0.2, 0.25) is 5.88 Å². The van der Waals surface area contributed by atoms with Gasteiger partial charge in [-0.3, -0.25) is 0 Å². The van der Waals surface area contributed by atoms with Gasteiger partial charge in [0.15, 0.2) is 0 Å². The molecule has 0 N–H and O–H groups in total. The van der Waals surface area contributed by atoms with E-state index in [0.29, 0.717) is 5.88 Å². The molecule has 2 aliphatic heterocycles. The monoisotopic (exact) mass is 332 g/mol. The van der Waals surface area contributed by atoms with Crippen LogP contribution < -0.4 is 4.74 Å². The van der Waals surface area contributed by atoms with E-state index < -0.39 is 5.60 Å². The van der Waals surface area contributed by atoms with Gasteiger partial charge in [-0.15, -0.1) is 0 Å². The molecule has 2 saturated heterocycles. The SMILES string of the molecule is CCc1ccnc(O[C@H]2C[C@H]3CC[C@@H](C2)N3C(=O)OC(C)(C)C)c1. The number of hydrogen-bond acceptors (Lipinski definition) is 4. The second kappa shape index (κ2) is 6.61. The lowest BCUT2D eigenvalue weighted by atomic mass is 10.00. The maximum absolute atomic E-state index is 12.5. The topological polar surface area (TPSA) is 51.7 Å². The van der Waals surface area contributed by atoms with E-state index in [-0.39, 0.29) is 24.3 Å². The lowest BCUT2D eigenvalue weighted by Crippen LogP contribution is -2.50. The minimum absolute atomic E-state index is 0.126. The summed E-state index contributed by atoms with van der Waals surface area (Å²) in [7, 11) is 0. The Morgan fingerprint density at radius 2 is 1.96 bits per heavy atom. The van der Waals surface area contributed by atoms with Crippen molar-refractivity contribution < 1.29 is 14.3 Å². The van der Waals surface area contributed by atoms with Gasteiger partial charge in [0.25, 0.3) is 0 Å². The Kier molecular flexibility index (Phi) is 4.70. The number of ether oxygens (including phenoxy) is 2. The molecule has 0 spiro atoms. The van der Waals surface area contributed by atoms with Crippen LogP contribution in [0.4, 0.5) is 4.79 Å².